The quantitative estimate of drug-likeness (QED) is 0.786. The predicted octanol–water partition coefficient (Wildman–Crippen LogP) is 0.932. The minimum atomic E-state index is -0.218. The standard InChI is InChI=1S/C20H26FN3O3/c21-18-4-2-1-3-15(18)16-13-17(16)20(26)24-7-5-22(6-8-24)14-19(25)23-9-11-27-12-10-23/h1-4,16-17H,5-14H2. The monoisotopic (exact) mass is 375 g/mol. The lowest BCUT2D eigenvalue weighted by atomic mass is 10.1. The topological polar surface area (TPSA) is 53.1 Å². The Morgan fingerprint density at radius 1 is 1.00 bits per heavy atom. The second-order valence-corrected chi connectivity index (χ2v) is 7.56. The summed E-state index contributed by atoms with van der Waals surface area (Å²) in [5, 5.41) is 0. The van der Waals surface area contributed by atoms with Gasteiger partial charge in [-0.1, -0.05) is 18.2 Å². The molecular weight excluding hydrogens is 349 g/mol. The molecule has 146 valence electrons. The van der Waals surface area contributed by atoms with Gasteiger partial charge < -0.3 is 14.5 Å². The van der Waals surface area contributed by atoms with E-state index in [4.69, 9.17) is 4.74 Å². The Bertz CT molecular complexity index is 699. The molecule has 6 nitrogen and oxygen atoms in total. The lowest BCUT2D eigenvalue weighted by Gasteiger charge is -2.36. The van der Waals surface area contributed by atoms with E-state index in [-0.39, 0.29) is 29.5 Å². The molecule has 1 aromatic rings. The van der Waals surface area contributed by atoms with Crippen molar-refractivity contribution in [1.82, 2.24) is 14.7 Å². The molecule has 2 amide bonds. The average Bonchev–Trinajstić information content (AvgIpc) is 3.49. The van der Waals surface area contributed by atoms with Crippen LogP contribution in [-0.4, -0.2) is 85.5 Å². The van der Waals surface area contributed by atoms with Crippen LogP contribution >= 0.6 is 0 Å². The molecule has 0 aromatic heterocycles. The third-order valence-electron chi connectivity index (χ3n) is 5.82. The zero-order valence-electron chi connectivity index (χ0n) is 15.5. The minimum absolute atomic E-state index is 0.0135. The van der Waals surface area contributed by atoms with Crippen LogP contribution in [0.1, 0.15) is 17.9 Å². The summed E-state index contributed by atoms with van der Waals surface area (Å²) in [7, 11) is 0. The number of piperazine rings is 1. The lowest BCUT2D eigenvalue weighted by molar-refractivity contribution is -0.138. The summed E-state index contributed by atoms with van der Waals surface area (Å²) in [6.07, 6.45) is 0.732. The van der Waals surface area contributed by atoms with Crippen molar-refractivity contribution in [3.8, 4) is 0 Å². The van der Waals surface area contributed by atoms with Crippen molar-refractivity contribution in [2.45, 2.75) is 12.3 Å². The Balaban J connectivity index is 1.24. The van der Waals surface area contributed by atoms with Crippen LogP contribution in [-0.2, 0) is 14.3 Å². The molecule has 4 rings (SSSR count). The largest absolute Gasteiger partial charge is 0.378 e. The molecule has 2 aliphatic heterocycles. The predicted molar refractivity (Wildman–Crippen MR) is 97.7 cm³/mol. The number of benzene rings is 1. The van der Waals surface area contributed by atoms with Crippen molar-refractivity contribution in [1.29, 1.82) is 0 Å². The highest BCUT2D eigenvalue weighted by Gasteiger charge is 2.47. The number of nitrogens with zero attached hydrogens (tertiary/aromatic N) is 3. The molecule has 2 unspecified atom stereocenters. The molecule has 0 radical (unpaired) electrons. The van der Waals surface area contributed by atoms with Crippen LogP contribution in [0.2, 0.25) is 0 Å². The molecule has 2 heterocycles. The van der Waals surface area contributed by atoms with E-state index >= 15 is 0 Å². The Labute approximate surface area is 158 Å². The van der Waals surface area contributed by atoms with E-state index in [1.165, 1.54) is 6.07 Å². The van der Waals surface area contributed by atoms with Crippen molar-refractivity contribution in [3.63, 3.8) is 0 Å². The number of rotatable bonds is 4. The molecular formula is C20H26FN3O3. The molecule has 0 bridgehead atoms. The van der Waals surface area contributed by atoms with Crippen molar-refractivity contribution in [2.24, 2.45) is 5.92 Å². The fourth-order valence-electron chi connectivity index (χ4n) is 4.05. The Morgan fingerprint density at radius 3 is 2.41 bits per heavy atom. The smallest absolute Gasteiger partial charge is 0.236 e. The molecule has 0 spiro atoms. The summed E-state index contributed by atoms with van der Waals surface area (Å²) < 4.78 is 19.2. The van der Waals surface area contributed by atoms with Gasteiger partial charge in [0.05, 0.1) is 19.8 Å². The second kappa shape index (κ2) is 7.94. The van der Waals surface area contributed by atoms with E-state index in [2.05, 4.69) is 4.90 Å². The maximum Gasteiger partial charge on any atom is 0.236 e. The molecule has 1 aromatic carbocycles. The lowest BCUT2D eigenvalue weighted by Crippen LogP contribution is -2.53. The third kappa shape index (κ3) is 4.14. The fraction of sp³-hybridized carbons (Fsp3) is 0.600. The second-order valence-electron chi connectivity index (χ2n) is 7.56. The molecule has 0 N–H and O–H groups in total. The minimum Gasteiger partial charge on any atom is -0.378 e. The van der Waals surface area contributed by atoms with Gasteiger partial charge in [0, 0.05) is 45.2 Å². The molecule has 2 saturated heterocycles. The number of hydrogen-bond acceptors (Lipinski definition) is 4. The van der Waals surface area contributed by atoms with Crippen molar-refractivity contribution >= 4 is 11.8 Å². The Kier molecular flexibility index (Phi) is 5.41. The van der Waals surface area contributed by atoms with Gasteiger partial charge in [0.25, 0.3) is 0 Å². The molecule has 3 fully saturated rings. The fourth-order valence-corrected chi connectivity index (χ4v) is 4.05. The van der Waals surface area contributed by atoms with E-state index in [1.54, 1.807) is 12.1 Å². The van der Waals surface area contributed by atoms with Crippen molar-refractivity contribution in [3.05, 3.63) is 35.6 Å². The van der Waals surface area contributed by atoms with Crippen LogP contribution < -0.4 is 0 Å². The number of morpholine rings is 1. The SMILES string of the molecule is O=C(CN1CCN(C(=O)C2CC2c2ccccc2F)CC1)N1CCOCC1. The summed E-state index contributed by atoms with van der Waals surface area (Å²) in [5.74, 6) is -0.0328. The summed E-state index contributed by atoms with van der Waals surface area (Å²) in [4.78, 5) is 30.9. The molecule has 1 saturated carbocycles. The number of ether oxygens (including phenoxy) is 1. The maximum absolute atomic E-state index is 13.9. The van der Waals surface area contributed by atoms with Gasteiger partial charge in [-0.15, -0.1) is 0 Å². The first-order valence-corrected chi connectivity index (χ1v) is 9.74. The average molecular weight is 375 g/mol. The number of amides is 2. The Hall–Kier alpha value is -1.99. The summed E-state index contributed by atoms with van der Waals surface area (Å²) in [6, 6.07) is 6.74. The number of halogens is 1. The van der Waals surface area contributed by atoms with E-state index in [0.29, 0.717) is 64.6 Å². The van der Waals surface area contributed by atoms with Gasteiger partial charge >= 0.3 is 0 Å². The third-order valence-corrected chi connectivity index (χ3v) is 5.82. The van der Waals surface area contributed by atoms with E-state index in [9.17, 15) is 14.0 Å². The molecule has 27 heavy (non-hydrogen) atoms. The van der Waals surface area contributed by atoms with Crippen LogP contribution in [0.15, 0.2) is 24.3 Å². The van der Waals surface area contributed by atoms with Crippen LogP contribution in [0.4, 0.5) is 4.39 Å². The number of carbonyl (C=O) groups excluding carboxylic acids is 2. The summed E-state index contributed by atoms with van der Waals surface area (Å²) in [5.41, 5.74) is 0.658. The highest BCUT2D eigenvalue weighted by atomic mass is 19.1. The molecule has 1 aliphatic carbocycles. The number of carbonyl (C=O) groups is 2. The van der Waals surface area contributed by atoms with E-state index in [1.807, 2.05) is 15.9 Å². The first-order valence-electron chi connectivity index (χ1n) is 9.74. The van der Waals surface area contributed by atoms with Gasteiger partial charge in [-0.25, -0.2) is 4.39 Å². The van der Waals surface area contributed by atoms with Gasteiger partial charge in [-0.3, -0.25) is 14.5 Å². The van der Waals surface area contributed by atoms with Gasteiger partial charge in [0.2, 0.25) is 11.8 Å². The van der Waals surface area contributed by atoms with Crippen LogP contribution in [0.5, 0.6) is 0 Å². The first-order chi connectivity index (χ1) is 13.1. The highest BCUT2D eigenvalue weighted by Crippen LogP contribution is 2.49. The summed E-state index contributed by atoms with van der Waals surface area (Å²) in [6.45, 7) is 5.64. The highest BCUT2D eigenvalue weighted by molar-refractivity contribution is 5.83. The van der Waals surface area contributed by atoms with Crippen LogP contribution in [0, 0.1) is 11.7 Å². The first kappa shape index (κ1) is 18.4. The number of hydrogen-bond donors (Lipinski definition) is 0. The van der Waals surface area contributed by atoms with Gasteiger partial charge in [-0.05, 0) is 24.0 Å². The van der Waals surface area contributed by atoms with Gasteiger partial charge in [0.15, 0.2) is 0 Å². The molecule has 3 aliphatic rings. The maximum atomic E-state index is 13.9. The van der Waals surface area contributed by atoms with Crippen LogP contribution in [0.25, 0.3) is 0 Å². The van der Waals surface area contributed by atoms with Crippen molar-refractivity contribution in [2.75, 3.05) is 59.0 Å². The molecule has 7 heteroatoms. The molecule has 2 atom stereocenters. The van der Waals surface area contributed by atoms with Gasteiger partial charge in [0.1, 0.15) is 5.82 Å². The van der Waals surface area contributed by atoms with Crippen molar-refractivity contribution < 1.29 is 18.7 Å². The van der Waals surface area contributed by atoms with E-state index in [0.717, 1.165) is 6.42 Å². The van der Waals surface area contributed by atoms with E-state index < -0.39 is 0 Å². The Morgan fingerprint density at radius 2 is 1.70 bits per heavy atom. The van der Waals surface area contributed by atoms with Crippen LogP contribution in [0.3, 0.4) is 0 Å². The zero-order valence-corrected chi connectivity index (χ0v) is 15.5. The zero-order chi connectivity index (χ0) is 18.8. The normalized spacial score (nSPS) is 26.1. The van der Waals surface area contributed by atoms with Gasteiger partial charge in [-0.2, -0.15) is 0 Å². The summed E-state index contributed by atoms with van der Waals surface area (Å²) >= 11 is 0.